The highest BCUT2D eigenvalue weighted by molar-refractivity contribution is 6.48. The van der Waals surface area contributed by atoms with Gasteiger partial charge >= 0.3 is 6.03 Å². The number of urea groups is 1. The molecule has 2 heterocycles. The van der Waals surface area contributed by atoms with Crippen LogP contribution in [0.15, 0.2) is 78.9 Å². The van der Waals surface area contributed by atoms with Crippen molar-refractivity contribution in [1.29, 1.82) is 0 Å². The van der Waals surface area contributed by atoms with Crippen LogP contribution in [-0.4, -0.2) is 61.8 Å². The molecule has 1 saturated heterocycles. The number of hydrogen-bond acceptors (Lipinski definition) is 4. The molecule has 7 heteroatoms. The second-order valence-corrected chi connectivity index (χ2v) is 15.6. The summed E-state index contributed by atoms with van der Waals surface area (Å²) in [5.41, 5.74) is 5.41. The lowest BCUT2D eigenvalue weighted by Crippen LogP contribution is -2.58. The maximum absolute atomic E-state index is 14.7. The average Bonchev–Trinajstić information content (AvgIpc) is 2.98. The Bertz CT molecular complexity index is 1330. The maximum atomic E-state index is 14.7. The lowest BCUT2D eigenvalue weighted by molar-refractivity contribution is 0.0811. The Morgan fingerprint density at radius 1 is 0.929 bits per heavy atom. The Balaban J connectivity index is 1.45. The molecule has 0 aromatic heterocycles. The minimum absolute atomic E-state index is 0.0483. The van der Waals surface area contributed by atoms with Crippen LogP contribution in [0.2, 0.25) is 13.1 Å². The lowest BCUT2D eigenvalue weighted by atomic mass is 9.87. The van der Waals surface area contributed by atoms with Crippen molar-refractivity contribution in [2.75, 3.05) is 24.5 Å². The minimum atomic E-state index is -1.33. The first-order valence-corrected chi connectivity index (χ1v) is 18.2. The molecule has 2 atom stereocenters. The summed E-state index contributed by atoms with van der Waals surface area (Å²) >= 11 is 0. The third-order valence-corrected chi connectivity index (χ3v) is 9.52. The molecule has 2 unspecified atom stereocenters. The number of carbonyl (C=O) groups is 1. The van der Waals surface area contributed by atoms with Crippen LogP contribution in [0.3, 0.4) is 0 Å². The molecule has 2 aliphatic heterocycles. The van der Waals surface area contributed by atoms with E-state index >= 15 is 0 Å². The van der Waals surface area contributed by atoms with Crippen LogP contribution in [0.5, 0.6) is 0 Å². The van der Waals surface area contributed by atoms with E-state index in [0.29, 0.717) is 6.54 Å². The van der Waals surface area contributed by atoms with Gasteiger partial charge in [-0.3, -0.25) is 9.80 Å². The predicted octanol–water partition coefficient (Wildman–Crippen LogP) is 6.59. The third-order valence-electron chi connectivity index (χ3n) is 8.65. The number of carbonyl (C=O) groups excluding carboxylic acids is 1. The quantitative estimate of drug-likeness (QED) is 0.288. The topological polar surface area (TPSA) is 56.2 Å². The number of nitrogens with zero attached hydrogens (tertiary/aromatic N) is 3. The van der Waals surface area contributed by atoms with Crippen molar-refractivity contribution in [3.05, 3.63) is 101 Å². The molecule has 2 amide bonds. The Labute approximate surface area is 253 Å². The van der Waals surface area contributed by atoms with Gasteiger partial charge in [0.05, 0.1) is 31.0 Å². The molecule has 0 saturated carbocycles. The molecule has 3 aromatic carbocycles. The minimum Gasteiger partial charge on any atom is -0.415 e. The molecular weight excluding hydrogens is 538 g/mol. The van der Waals surface area contributed by atoms with Gasteiger partial charge in [-0.1, -0.05) is 93.6 Å². The normalized spacial score (nSPS) is 19.3. The van der Waals surface area contributed by atoms with Crippen molar-refractivity contribution in [2.24, 2.45) is 5.41 Å². The fourth-order valence-corrected chi connectivity index (χ4v) is 7.59. The monoisotopic (exact) mass is 585 g/mol. The zero-order valence-electron chi connectivity index (χ0n) is 25.9. The third kappa shape index (κ3) is 6.81. The first-order chi connectivity index (χ1) is 20.2. The van der Waals surface area contributed by atoms with E-state index in [2.05, 4.69) is 98.3 Å². The predicted molar refractivity (Wildman–Crippen MR) is 173 cm³/mol. The fraction of sp³-hybridized carbons (Fsp3) is 0.457. The molecule has 3 aromatic rings. The number of hydrogen-bond donors (Lipinski definition) is 1. The van der Waals surface area contributed by atoms with Crippen LogP contribution in [-0.2, 0) is 17.6 Å². The number of fused-ring (bicyclic) bond motifs is 1. The van der Waals surface area contributed by atoms with Gasteiger partial charge in [-0.25, -0.2) is 4.79 Å². The van der Waals surface area contributed by atoms with Gasteiger partial charge in [0.25, 0.3) is 0 Å². The number of amides is 2. The van der Waals surface area contributed by atoms with Crippen molar-refractivity contribution >= 4 is 20.8 Å². The van der Waals surface area contributed by atoms with E-state index in [0.717, 1.165) is 49.3 Å². The van der Waals surface area contributed by atoms with Gasteiger partial charge in [-0.05, 0) is 54.1 Å². The van der Waals surface area contributed by atoms with E-state index in [1.54, 1.807) is 0 Å². The summed E-state index contributed by atoms with van der Waals surface area (Å²) in [5.74, 6) is 0. The number of benzene rings is 3. The van der Waals surface area contributed by atoms with E-state index in [4.69, 9.17) is 4.43 Å². The molecule has 0 spiro atoms. The summed E-state index contributed by atoms with van der Waals surface area (Å²) in [6, 6.07) is 27.3. The van der Waals surface area contributed by atoms with E-state index in [9.17, 15) is 9.90 Å². The largest absolute Gasteiger partial charge is 0.415 e. The number of rotatable bonds is 9. The Kier molecular flexibility index (Phi) is 9.53. The standard InChI is InChI=1S/C35H47N3O3Si/c1-35(2,3)32(41-42(4)5)24-37-31-17-10-9-16-30(31)33(28-14-7-6-8-15-28)38(34(37)40)29-18-20-36(21-19-29)23-26-12-11-13-27(22-26)25-39/h6-17,22,29,32-33,39,42H,18-21,23-25H2,1-5H3. The highest BCUT2D eigenvalue weighted by Gasteiger charge is 2.44. The highest BCUT2D eigenvalue weighted by atomic mass is 28.3. The van der Waals surface area contributed by atoms with Crippen LogP contribution in [0.1, 0.15) is 61.9 Å². The van der Waals surface area contributed by atoms with Gasteiger partial charge in [0, 0.05) is 31.2 Å². The summed E-state index contributed by atoms with van der Waals surface area (Å²) in [4.78, 5) is 21.4. The number of para-hydroxylation sites is 1. The molecule has 42 heavy (non-hydrogen) atoms. The Morgan fingerprint density at radius 3 is 2.26 bits per heavy atom. The summed E-state index contributed by atoms with van der Waals surface area (Å²) in [5, 5.41) is 9.56. The molecule has 0 radical (unpaired) electrons. The van der Waals surface area contributed by atoms with E-state index in [1.165, 1.54) is 11.1 Å². The van der Waals surface area contributed by atoms with Gasteiger partial charge in [0.2, 0.25) is 0 Å². The van der Waals surface area contributed by atoms with Crippen LogP contribution in [0, 0.1) is 5.41 Å². The van der Waals surface area contributed by atoms with Crippen LogP contribution >= 0.6 is 0 Å². The number of piperidine rings is 1. The summed E-state index contributed by atoms with van der Waals surface area (Å²) < 4.78 is 6.56. The fourth-order valence-electron chi connectivity index (χ4n) is 6.44. The summed E-state index contributed by atoms with van der Waals surface area (Å²) in [6.45, 7) is 14.4. The van der Waals surface area contributed by atoms with Crippen LogP contribution in [0.4, 0.5) is 10.5 Å². The molecule has 224 valence electrons. The second kappa shape index (κ2) is 13.1. The number of aliphatic hydroxyl groups excluding tert-OH is 1. The molecule has 0 aliphatic carbocycles. The van der Waals surface area contributed by atoms with Crippen molar-refractivity contribution in [3.8, 4) is 0 Å². The number of anilines is 1. The molecule has 1 fully saturated rings. The second-order valence-electron chi connectivity index (χ2n) is 13.2. The summed E-state index contributed by atoms with van der Waals surface area (Å²) in [7, 11) is -1.33. The smallest absolute Gasteiger partial charge is 0.325 e. The molecular formula is C35H47N3O3Si. The SMILES string of the molecule is C[SiH](C)OC(CN1C(=O)N(C2CCN(Cc3cccc(CO)c3)CC2)C(c2ccccc2)c2ccccc21)C(C)(C)C. The zero-order chi connectivity index (χ0) is 29.9. The average molecular weight is 586 g/mol. The first kappa shape index (κ1) is 30.5. The maximum Gasteiger partial charge on any atom is 0.325 e. The zero-order valence-corrected chi connectivity index (χ0v) is 27.0. The lowest BCUT2D eigenvalue weighted by Gasteiger charge is -2.49. The van der Waals surface area contributed by atoms with Gasteiger partial charge in [-0.15, -0.1) is 0 Å². The number of aliphatic hydroxyl groups is 1. The number of likely N-dealkylation sites (tertiary alicyclic amines) is 1. The van der Waals surface area contributed by atoms with Crippen molar-refractivity contribution in [2.45, 2.75) is 78.0 Å². The highest BCUT2D eigenvalue weighted by Crippen LogP contribution is 2.43. The van der Waals surface area contributed by atoms with Crippen LogP contribution in [0.25, 0.3) is 0 Å². The van der Waals surface area contributed by atoms with Gasteiger partial charge in [0.15, 0.2) is 9.04 Å². The van der Waals surface area contributed by atoms with Gasteiger partial charge in [-0.2, -0.15) is 0 Å². The molecule has 0 bridgehead atoms. The van der Waals surface area contributed by atoms with E-state index < -0.39 is 9.04 Å². The van der Waals surface area contributed by atoms with Crippen LogP contribution < -0.4 is 4.90 Å². The van der Waals surface area contributed by atoms with Crippen molar-refractivity contribution in [1.82, 2.24) is 9.80 Å². The Morgan fingerprint density at radius 2 is 1.60 bits per heavy atom. The first-order valence-electron chi connectivity index (χ1n) is 15.5. The van der Waals surface area contributed by atoms with Crippen molar-refractivity contribution in [3.63, 3.8) is 0 Å². The molecule has 5 rings (SSSR count). The van der Waals surface area contributed by atoms with Crippen molar-refractivity contribution < 1.29 is 14.3 Å². The molecule has 1 N–H and O–H groups in total. The Hall–Kier alpha value is -2.97. The molecule has 2 aliphatic rings. The van der Waals surface area contributed by atoms with Gasteiger partial charge < -0.3 is 14.4 Å². The van der Waals surface area contributed by atoms with Gasteiger partial charge in [0.1, 0.15) is 0 Å². The van der Waals surface area contributed by atoms with E-state index in [-0.39, 0.29) is 36.2 Å². The summed E-state index contributed by atoms with van der Waals surface area (Å²) in [6.07, 6.45) is 1.79. The molecule has 6 nitrogen and oxygen atoms in total. The van der Waals surface area contributed by atoms with E-state index in [1.807, 2.05) is 29.2 Å².